The van der Waals surface area contributed by atoms with E-state index in [0.29, 0.717) is 37.0 Å². The van der Waals surface area contributed by atoms with E-state index in [-0.39, 0.29) is 12.0 Å². The molecule has 1 amide bonds. The zero-order chi connectivity index (χ0) is 22.3. The van der Waals surface area contributed by atoms with Crippen LogP contribution in [-0.2, 0) is 11.3 Å². The zero-order valence-corrected chi connectivity index (χ0v) is 18.0. The summed E-state index contributed by atoms with van der Waals surface area (Å²) in [6.07, 6.45) is 4.18. The quantitative estimate of drug-likeness (QED) is 0.239. The fourth-order valence-corrected chi connectivity index (χ4v) is 3.12. The number of likely N-dealkylation sites (tertiary alicyclic amines) is 1. The highest BCUT2D eigenvalue weighted by atomic mass is 16.6. The number of benzene rings is 1. The fraction of sp³-hybridized carbons (Fsp3) is 0.476. The van der Waals surface area contributed by atoms with Crippen molar-refractivity contribution < 1.29 is 18.7 Å². The number of ether oxygens (including phenoxy) is 2. The van der Waals surface area contributed by atoms with Crippen molar-refractivity contribution in [1.82, 2.24) is 9.88 Å². The molecule has 2 heterocycles. The molecule has 0 spiro atoms. The lowest BCUT2D eigenvalue weighted by atomic mass is 9.97. The smallest absolute Gasteiger partial charge is 0.410 e. The minimum atomic E-state index is -0.491. The maximum Gasteiger partial charge on any atom is 0.410 e. The van der Waals surface area contributed by atoms with Crippen molar-refractivity contribution in [3.63, 3.8) is 0 Å². The Kier molecular flexibility index (Phi) is 7.22. The summed E-state index contributed by atoms with van der Waals surface area (Å²) < 4.78 is 16.9. The lowest BCUT2D eigenvalue weighted by Crippen LogP contribution is -2.41. The molecule has 2 aromatic rings. The molecule has 10 heteroatoms. The van der Waals surface area contributed by atoms with Gasteiger partial charge in [0, 0.05) is 19.0 Å². The summed E-state index contributed by atoms with van der Waals surface area (Å²) in [6.45, 7) is 7.14. The first-order chi connectivity index (χ1) is 14.8. The van der Waals surface area contributed by atoms with Crippen LogP contribution in [0.1, 0.15) is 51.1 Å². The standard InChI is InChI=1S/C21H28N6O4/c1-21(2,3)31-20(28)27-10-8-15(9-11-27)19-25-17(13-30-19)12-29-18-6-4-16(5-7-18)23-14-24-26-22/h4-7,13-15H,8-12H2,1-3H3,(H2,22,23,24). The molecule has 31 heavy (non-hydrogen) atoms. The third-order valence-corrected chi connectivity index (χ3v) is 4.61. The van der Waals surface area contributed by atoms with Gasteiger partial charge in [-0.1, -0.05) is 5.22 Å². The first-order valence-corrected chi connectivity index (χ1v) is 10.1. The van der Waals surface area contributed by atoms with E-state index in [2.05, 4.69) is 20.3 Å². The van der Waals surface area contributed by atoms with Gasteiger partial charge in [0.25, 0.3) is 0 Å². The average molecular weight is 428 g/mol. The van der Waals surface area contributed by atoms with Crippen molar-refractivity contribution in [2.45, 2.75) is 51.7 Å². The van der Waals surface area contributed by atoms with Crippen molar-refractivity contribution in [3.05, 3.63) is 42.1 Å². The van der Waals surface area contributed by atoms with Gasteiger partial charge in [0.1, 0.15) is 36.3 Å². The number of carbonyl (C=O) groups is 1. The number of oxazole rings is 1. The zero-order valence-electron chi connectivity index (χ0n) is 18.0. The van der Waals surface area contributed by atoms with E-state index >= 15 is 0 Å². The normalized spacial score (nSPS) is 15.6. The lowest BCUT2D eigenvalue weighted by molar-refractivity contribution is 0.0199. The van der Waals surface area contributed by atoms with Crippen LogP contribution in [-0.4, -0.2) is 41.0 Å². The Balaban J connectivity index is 1.47. The molecule has 0 radical (unpaired) electrons. The van der Waals surface area contributed by atoms with Crippen LogP contribution in [0, 0.1) is 0 Å². The number of aromatic nitrogens is 1. The average Bonchev–Trinajstić information content (AvgIpc) is 3.21. The van der Waals surface area contributed by atoms with Crippen molar-refractivity contribution in [3.8, 4) is 5.75 Å². The SMILES string of the molecule is CC(C)(C)OC(=O)N1CCC(c2nc(COc3ccc(N=CN=NN)cc3)co2)CC1. The fourth-order valence-electron chi connectivity index (χ4n) is 3.12. The number of rotatable bonds is 6. The Morgan fingerprint density at radius 1 is 1.29 bits per heavy atom. The molecule has 1 fully saturated rings. The van der Waals surface area contributed by atoms with Gasteiger partial charge in [-0.05, 0) is 57.9 Å². The summed E-state index contributed by atoms with van der Waals surface area (Å²) in [5, 5.41) is 6.57. The van der Waals surface area contributed by atoms with Crippen LogP contribution in [0.15, 0.2) is 50.3 Å². The second kappa shape index (κ2) is 10.1. The molecule has 0 aliphatic carbocycles. The van der Waals surface area contributed by atoms with Crippen molar-refractivity contribution in [1.29, 1.82) is 0 Å². The van der Waals surface area contributed by atoms with E-state index in [1.54, 1.807) is 35.4 Å². The summed E-state index contributed by atoms with van der Waals surface area (Å²) in [7, 11) is 0. The number of hydrogen-bond donors (Lipinski definition) is 1. The predicted molar refractivity (Wildman–Crippen MR) is 114 cm³/mol. The van der Waals surface area contributed by atoms with E-state index in [0.717, 1.165) is 18.5 Å². The molecule has 0 saturated carbocycles. The Hall–Kier alpha value is -3.43. The summed E-state index contributed by atoms with van der Waals surface area (Å²) in [4.78, 5) is 22.6. The highest BCUT2D eigenvalue weighted by molar-refractivity contribution is 5.68. The Bertz CT molecular complexity index is 909. The van der Waals surface area contributed by atoms with Crippen LogP contribution < -0.4 is 10.6 Å². The Morgan fingerprint density at radius 3 is 2.65 bits per heavy atom. The number of aliphatic imine (C=N–C) groups is 1. The van der Waals surface area contributed by atoms with Gasteiger partial charge in [0.15, 0.2) is 5.89 Å². The summed E-state index contributed by atoms with van der Waals surface area (Å²) in [5.41, 5.74) is 0.936. The predicted octanol–water partition coefficient (Wildman–Crippen LogP) is 4.35. The van der Waals surface area contributed by atoms with Crippen molar-refractivity contribution in [2.24, 2.45) is 21.2 Å². The number of carbonyl (C=O) groups excluding carboxylic acids is 1. The minimum absolute atomic E-state index is 0.176. The molecule has 0 bridgehead atoms. The molecular weight excluding hydrogens is 400 g/mol. The monoisotopic (exact) mass is 428 g/mol. The van der Waals surface area contributed by atoms with Crippen LogP contribution in [0.2, 0.25) is 0 Å². The van der Waals surface area contributed by atoms with Gasteiger partial charge >= 0.3 is 6.09 Å². The number of piperidine rings is 1. The molecule has 2 N–H and O–H groups in total. The van der Waals surface area contributed by atoms with Crippen LogP contribution >= 0.6 is 0 Å². The van der Waals surface area contributed by atoms with Crippen molar-refractivity contribution in [2.75, 3.05) is 13.1 Å². The molecular formula is C21H28N6O4. The molecule has 3 rings (SSSR count). The van der Waals surface area contributed by atoms with E-state index in [4.69, 9.17) is 19.7 Å². The van der Waals surface area contributed by atoms with Gasteiger partial charge in [-0.15, -0.1) is 5.11 Å². The van der Waals surface area contributed by atoms with E-state index in [1.807, 2.05) is 20.8 Å². The molecule has 1 aliphatic heterocycles. The van der Waals surface area contributed by atoms with Crippen LogP contribution in [0.5, 0.6) is 5.75 Å². The van der Waals surface area contributed by atoms with Crippen molar-refractivity contribution >= 4 is 18.1 Å². The summed E-state index contributed by atoms with van der Waals surface area (Å²) in [5.74, 6) is 6.46. The lowest BCUT2D eigenvalue weighted by Gasteiger charge is -2.32. The molecule has 10 nitrogen and oxygen atoms in total. The summed E-state index contributed by atoms with van der Waals surface area (Å²) in [6, 6.07) is 7.20. The molecule has 0 atom stereocenters. The van der Waals surface area contributed by atoms with Gasteiger partial charge in [-0.2, -0.15) is 0 Å². The number of nitrogens with zero attached hydrogens (tertiary/aromatic N) is 5. The topological polar surface area (TPSA) is 128 Å². The largest absolute Gasteiger partial charge is 0.487 e. The van der Waals surface area contributed by atoms with Crippen LogP contribution in [0.4, 0.5) is 10.5 Å². The number of amides is 1. The minimum Gasteiger partial charge on any atom is -0.487 e. The van der Waals surface area contributed by atoms with Crippen LogP contribution in [0.3, 0.4) is 0 Å². The summed E-state index contributed by atoms with van der Waals surface area (Å²) >= 11 is 0. The van der Waals surface area contributed by atoms with E-state index in [9.17, 15) is 4.79 Å². The molecule has 166 valence electrons. The third kappa shape index (κ3) is 6.80. The van der Waals surface area contributed by atoms with Gasteiger partial charge in [0.2, 0.25) is 0 Å². The second-order valence-electron chi connectivity index (χ2n) is 8.18. The highest BCUT2D eigenvalue weighted by Crippen LogP contribution is 2.28. The molecule has 1 aromatic heterocycles. The Labute approximate surface area is 181 Å². The van der Waals surface area contributed by atoms with Gasteiger partial charge in [-0.3, -0.25) is 0 Å². The van der Waals surface area contributed by atoms with E-state index in [1.165, 1.54) is 6.34 Å². The second-order valence-corrected chi connectivity index (χ2v) is 8.18. The first-order valence-electron chi connectivity index (χ1n) is 10.1. The molecule has 1 aromatic carbocycles. The third-order valence-electron chi connectivity index (χ3n) is 4.61. The number of nitrogens with two attached hydrogens (primary N) is 1. The maximum absolute atomic E-state index is 12.2. The van der Waals surface area contributed by atoms with E-state index < -0.39 is 5.60 Å². The van der Waals surface area contributed by atoms with Gasteiger partial charge in [-0.25, -0.2) is 14.8 Å². The van der Waals surface area contributed by atoms with Gasteiger partial charge in [0.05, 0.1) is 5.69 Å². The van der Waals surface area contributed by atoms with Crippen LogP contribution in [0.25, 0.3) is 0 Å². The Morgan fingerprint density at radius 2 is 2.00 bits per heavy atom. The highest BCUT2D eigenvalue weighted by Gasteiger charge is 2.29. The maximum atomic E-state index is 12.2. The molecule has 1 saturated heterocycles. The molecule has 1 aliphatic rings. The molecule has 0 unspecified atom stereocenters. The number of hydrogen-bond acceptors (Lipinski definition) is 7. The first kappa shape index (κ1) is 22.3. The van der Waals surface area contributed by atoms with Gasteiger partial charge < -0.3 is 24.6 Å².